The van der Waals surface area contributed by atoms with Gasteiger partial charge in [0, 0.05) is 6.54 Å². The molecule has 0 fully saturated rings. The monoisotopic (exact) mass is 344 g/mol. The Morgan fingerprint density at radius 2 is 2.12 bits per heavy atom. The highest BCUT2D eigenvalue weighted by atomic mass is 16.6. The molecule has 3 heterocycles. The molecule has 130 valence electrons. The van der Waals surface area contributed by atoms with E-state index in [0.29, 0.717) is 12.2 Å². The molecule has 0 spiro atoms. The topological polar surface area (TPSA) is 133 Å². The van der Waals surface area contributed by atoms with Crippen molar-refractivity contribution in [3.05, 3.63) is 34.1 Å². The number of unbranched alkanes of at least 4 members (excludes halogenated alkanes) is 1. The quantitative estimate of drug-likeness (QED) is 0.400. The zero-order chi connectivity index (χ0) is 18.0. The largest absolute Gasteiger partial charge is 0.358 e. The number of nitrogens with zero attached hydrogens (tertiary/aromatic N) is 7. The van der Waals surface area contributed by atoms with Gasteiger partial charge in [-0.2, -0.15) is 9.61 Å². The number of imidazole rings is 1. The molecule has 0 saturated heterocycles. The predicted octanol–water partition coefficient (Wildman–Crippen LogP) is 0.963. The third-order valence-corrected chi connectivity index (χ3v) is 3.66. The second-order valence-electron chi connectivity index (χ2n) is 5.38. The SMILES string of the molecule is CCCCNC(=O)c1ccc2nnc(-c3ncc([N+](=O)[O-])n3C)n2n1. The minimum Gasteiger partial charge on any atom is -0.358 e. The maximum atomic E-state index is 12.2. The van der Waals surface area contributed by atoms with Gasteiger partial charge in [0.15, 0.2) is 5.65 Å². The summed E-state index contributed by atoms with van der Waals surface area (Å²) < 4.78 is 2.63. The molecular formula is C14H16N8O3. The zero-order valence-electron chi connectivity index (χ0n) is 13.7. The number of fused-ring (bicyclic) bond motifs is 1. The Labute approximate surface area is 141 Å². The second kappa shape index (κ2) is 6.63. The average Bonchev–Trinajstić information content (AvgIpc) is 3.17. The van der Waals surface area contributed by atoms with Crippen molar-refractivity contribution >= 4 is 17.4 Å². The summed E-state index contributed by atoms with van der Waals surface area (Å²) in [4.78, 5) is 26.6. The third-order valence-electron chi connectivity index (χ3n) is 3.66. The minimum absolute atomic E-state index is 0.180. The molecule has 1 N–H and O–H groups in total. The number of rotatable bonds is 6. The van der Waals surface area contributed by atoms with Crippen molar-refractivity contribution in [2.75, 3.05) is 6.54 Å². The van der Waals surface area contributed by atoms with Crippen LogP contribution >= 0.6 is 0 Å². The number of aromatic nitrogens is 6. The lowest BCUT2D eigenvalue weighted by atomic mass is 10.3. The summed E-state index contributed by atoms with van der Waals surface area (Å²) in [6.45, 7) is 2.60. The van der Waals surface area contributed by atoms with Crippen molar-refractivity contribution in [3.8, 4) is 11.6 Å². The number of carbonyl (C=O) groups is 1. The van der Waals surface area contributed by atoms with Crippen molar-refractivity contribution < 1.29 is 9.72 Å². The third kappa shape index (κ3) is 3.03. The molecule has 1 amide bonds. The molecule has 0 aromatic carbocycles. The Kier molecular flexibility index (Phi) is 4.37. The van der Waals surface area contributed by atoms with Gasteiger partial charge in [0.1, 0.15) is 11.9 Å². The molecule has 25 heavy (non-hydrogen) atoms. The Morgan fingerprint density at radius 3 is 2.80 bits per heavy atom. The number of hydrogen-bond acceptors (Lipinski definition) is 7. The van der Waals surface area contributed by atoms with Gasteiger partial charge in [-0.15, -0.1) is 10.2 Å². The summed E-state index contributed by atoms with van der Waals surface area (Å²) in [5.74, 6) is -0.0370. The fourth-order valence-electron chi connectivity index (χ4n) is 2.30. The maximum Gasteiger partial charge on any atom is 0.343 e. The van der Waals surface area contributed by atoms with E-state index in [2.05, 4.69) is 25.6 Å². The van der Waals surface area contributed by atoms with Crippen molar-refractivity contribution in [3.63, 3.8) is 0 Å². The number of nitro groups is 1. The van der Waals surface area contributed by atoms with Gasteiger partial charge in [0.25, 0.3) is 11.7 Å². The fraction of sp³-hybridized carbons (Fsp3) is 0.357. The van der Waals surface area contributed by atoms with E-state index in [-0.39, 0.29) is 29.1 Å². The zero-order valence-corrected chi connectivity index (χ0v) is 13.7. The van der Waals surface area contributed by atoms with Gasteiger partial charge in [-0.25, -0.2) is 9.55 Å². The summed E-state index contributed by atoms with van der Waals surface area (Å²) in [6, 6.07) is 3.16. The van der Waals surface area contributed by atoms with Crippen LogP contribution in [0.1, 0.15) is 30.3 Å². The molecule has 3 aromatic heterocycles. The summed E-state index contributed by atoms with van der Waals surface area (Å²) in [5.41, 5.74) is 0.610. The maximum absolute atomic E-state index is 12.2. The highest BCUT2D eigenvalue weighted by Gasteiger charge is 2.23. The predicted molar refractivity (Wildman–Crippen MR) is 86.9 cm³/mol. The molecule has 3 aromatic rings. The Balaban J connectivity index is 1.99. The van der Waals surface area contributed by atoms with E-state index in [0.717, 1.165) is 19.0 Å². The van der Waals surface area contributed by atoms with E-state index >= 15 is 0 Å². The molecule has 0 aliphatic carbocycles. The summed E-state index contributed by atoms with van der Waals surface area (Å²) >= 11 is 0. The fourth-order valence-corrected chi connectivity index (χ4v) is 2.30. The first-order valence-corrected chi connectivity index (χ1v) is 7.70. The van der Waals surface area contributed by atoms with E-state index in [1.165, 1.54) is 16.1 Å². The van der Waals surface area contributed by atoms with Crippen LogP contribution in [0.2, 0.25) is 0 Å². The van der Waals surface area contributed by atoms with E-state index in [9.17, 15) is 14.9 Å². The lowest BCUT2D eigenvalue weighted by molar-refractivity contribution is -0.391. The summed E-state index contributed by atoms with van der Waals surface area (Å²) in [6.07, 6.45) is 2.99. The van der Waals surface area contributed by atoms with Gasteiger partial charge in [0.05, 0.1) is 7.05 Å². The molecule has 0 aliphatic heterocycles. The number of nitrogens with one attached hydrogen (secondary N) is 1. The van der Waals surface area contributed by atoms with E-state index < -0.39 is 4.92 Å². The highest BCUT2D eigenvalue weighted by Crippen LogP contribution is 2.21. The Hall–Kier alpha value is -3.37. The lowest BCUT2D eigenvalue weighted by Gasteiger charge is -2.04. The Bertz CT molecular complexity index is 945. The van der Waals surface area contributed by atoms with Crippen molar-refractivity contribution in [1.29, 1.82) is 0 Å². The minimum atomic E-state index is -0.542. The molecule has 0 radical (unpaired) electrons. The van der Waals surface area contributed by atoms with Gasteiger partial charge >= 0.3 is 5.82 Å². The second-order valence-corrected chi connectivity index (χ2v) is 5.38. The first-order valence-electron chi connectivity index (χ1n) is 7.70. The lowest BCUT2D eigenvalue weighted by Crippen LogP contribution is -2.26. The number of amides is 1. The van der Waals surface area contributed by atoms with Crippen LogP contribution in [-0.4, -0.2) is 46.7 Å². The molecule has 3 rings (SSSR count). The first-order chi connectivity index (χ1) is 12.0. The van der Waals surface area contributed by atoms with E-state index in [1.807, 2.05) is 6.92 Å². The summed E-state index contributed by atoms with van der Waals surface area (Å²) in [7, 11) is 1.50. The van der Waals surface area contributed by atoms with Crippen molar-refractivity contribution in [2.45, 2.75) is 19.8 Å². The van der Waals surface area contributed by atoms with Crippen LogP contribution in [0.3, 0.4) is 0 Å². The number of carbonyl (C=O) groups excluding carboxylic acids is 1. The standard InChI is InChI=1S/C14H16N8O3/c1-3-4-7-15-14(23)9-5-6-10-17-18-13(21(10)19-9)12-16-8-11(20(12)2)22(24)25/h5-6,8H,3-4,7H2,1-2H3,(H,15,23). The average molecular weight is 344 g/mol. The summed E-state index contributed by atoms with van der Waals surface area (Å²) in [5, 5.41) is 25.9. The highest BCUT2D eigenvalue weighted by molar-refractivity contribution is 5.92. The van der Waals surface area contributed by atoms with E-state index in [4.69, 9.17) is 0 Å². The van der Waals surface area contributed by atoms with E-state index in [1.54, 1.807) is 12.1 Å². The van der Waals surface area contributed by atoms with Gasteiger partial charge in [-0.05, 0) is 23.5 Å². The van der Waals surface area contributed by atoms with Gasteiger partial charge in [0.2, 0.25) is 5.82 Å². The first kappa shape index (κ1) is 16.5. The normalized spacial score (nSPS) is 11.0. The van der Waals surface area contributed by atoms with Crippen LogP contribution < -0.4 is 5.32 Å². The molecule has 0 unspecified atom stereocenters. The smallest absolute Gasteiger partial charge is 0.343 e. The van der Waals surface area contributed by atoms with Crippen molar-refractivity contribution in [2.24, 2.45) is 7.05 Å². The molecule has 11 nitrogen and oxygen atoms in total. The van der Waals surface area contributed by atoms with Crippen molar-refractivity contribution in [1.82, 2.24) is 34.7 Å². The van der Waals surface area contributed by atoms with Crippen LogP contribution in [0.25, 0.3) is 17.3 Å². The molecule has 0 aliphatic rings. The molecule has 0 saturated carbocycles. The van der Waals surface area contributed by atoms with Crippen LogP contribution in [0.4, 0.5) is 5.82 Å². The van der Waals surface area contributed by atoms with Gasteiger partial charge in [-0.3, -0.25) is 4.79 Å². The Morgan fingerprint density at radius 1 is 1.32 bits per heavy atom. The van der Waals surface area contributed by atoms with Crippen LogP contribution in [0, 0.1) is 10.1 Å². The number of hydrogen-bond donors (Lipinski definition) is 1. The van der Waals surface area contributed by atoms with Crippen LogP contribution in [0.15, 0.2) is 18.3 Å². The molecular weight excluding hydrogens is 328 g/mol. The molecule has 0 atom stereocenters. The molecule has 0 bridgehead atoms. The van der Waals surface area contributed by atoms with Crippen LogP contribution in [0.5, 0.6) is 0 Å². The van der Waals surface area contributed by atoms with Crippen LogP contribution in [-0.2, 0) is 7.05 Å². The van der Waals surface area contributed by atoms with Gasteiger partial charge in [-0.1, -0.05) is 13.3 Å². The molecule has 11 heteroatoms. The van der Waals surface area contributed by atoms with Gasteiger partial charge < -0.3 is 15.4 Å².